The first-order chi connectivity index (χ1) is 14.6. The van der Waals surface area contributed by atoms with Gasteiger partial charge in [-0.15, -0.1) is 0 Å². The first-order valence-electron chi connectivity index (χ1n) is 10.4. The largest absolute Gasteiger partial charge is 0.497 e. The number of hydrogen-bond donors (Lipinski definition) is 2. The normalized spacial score (nSPS) is 16.9. The predicted octanol–water partition coefficient (Wildman–Crippen LogP) is 4.24. The van der Waals surface area contributed by atoms with Crippen LogP contribution in [-0.4, -0.2) is 41.2 Å². The van der Waals surface area contributed by atoms with E-state index < -0.39 is 0 Å². The molecule has 30 heavy (non-hydrogen) atoms. The summed E-state index contributed by atoms with van der Waals surface area (Å²) in [5, 5.41) is 10.4. The van der Waals surface area contributed by atoms with Crippen molar-refractivity contribution in [3.05, 3.63) is 66.0 Å². The Hall–Kier alpha value is -3.12. The molecule has 0 aliphatic carbocycles. The lowest BCUT2D eigenvalue weighted by Crippen LogP contribution is -2.40. The quantitative estimate of drug-likeness (QED) is 0.645. The minimum Gasteiger partial charge on any atom is -0.497 e. The number of carbonyl (C=O) groups excluding carboxylic acids is 1. The summed E-state index contributed by atoms with van der Waals surface area (Å²) >= 11 is 0. The molecule has 1 saturated heterocycles. The van der Waals surface area contributed by atoms with Crippen molar-refractivity contribution in [3.63, 3.8) is 0 Å². The summed E-state index contributed by atoms with van der Waals surface area (Å²) in [6.45, 7) is 4.55. The Morgan fingerprint density at radius 1 is 1.20 bits per heavy atom. The van der Waals surface area contributed by atoms with Crippen molar-refractivity contribution in [2.45, 2.75) is 26.3 Å². The smallest absolute Gasteiger partial charge is 0.228 e. The van der Waals surface area contributed by atoms with E-state index in [1.807, 2.05) is 55.5 Å². The fourth-order valence-corrected chi connectivity index (χ4v) is 3.99. The van der Waals surface area contributed by atoms with E-state index in [2.05, 4.69) is 26.5 Å². The zero-order chi connectivity index (χ0) is 20.9. The van der Waals surface area contributed by atoms with E-state index in [1.54, 1.807) is 7.11 Å². The Morgan fingerprint density at radius 3 is 2.77 bits per heavy atom. The number of amides is 1. The van der Waals surface area contributed by atoms with Crippen LogP contribution in [0.5, 0.6) is 5.75 Å². The molecule has 2 N–H and O–H groups in total. The lowest BCUT2D eigenvalue weighted by Gasteiger charge is -2.31. The number of anilines is 1. The number of H-pyrrole nitrogens is 1. The monoisotopic (exact) mass is 404 g/mol. The summed E-state index contributed by atoms with van der Waals surface area (Å²) in [4.78, 5) is 15.1. The van der Waals surface area contributed by atoms with Crippen molar-refractivity contribution < 1.29 is 9.53 Å². The number of aromatic nitrogens is 2. The average molecular weight is 405 g/mol. The molecule has 1 atom stereocenters. The molecular weight excluding hydrogens is 376 g/mol. The molecular formula is C24H28N4O2. The lowest BCUT2D eigenvalue weighted by atomic mass is 9.96. The molecule has 0 radical (unpaired) electrons. The number of likely N-dealkylation sites (tertiary alicyclic amines) is 1. The SMILES string of the molecule is COc1cccc(-c2ccc(NC(=O)[C@@H]3CCCN(Cc4cc(C)[nH]n4)C3)cc2)c1. The molecule has 1 aliphatic heterocycles. The number of hydrogen-bond acceptors (Lipinski definition) is 4. The van der Waals surface area contributed by atoms with Crippen molar-refractivity contribution in [2.24, 2.45) is 5.92 Å². The van der Waals surface area contributed by atoms with E-state index in [9.17, 15) is 4.79 Å². The molecule has 0 spiro atoms. The third-order valence-electron chi connectivity index (χ3n) is 5.58. The van der Waals surface area contributed by atoms with Crippen molar-refractivity contribution in [1.29, 1.82) is 0 Å². The molecule has 0 unspecified atom stereocenters. The zero-order valence-electron chi connectivity index (χ0n) is 17.5. The number of nitrogens with one attached hydrogen (secondary N) is 2. The number of methoxy groups -OCH3 is 1. The maximum absolute atomic E-state index is 12.8. The molecule has 6 heteroatoms. The average Bonchev–Trinajstić information content (AvgIpc) is 3.19. The van der Waals surface area contributed by atoms with E-state index >= 15 is 0 Å². The van der Waals surface area contributed by atoms with Gasteiger partial charge in [0.1, 0.15) is 5.75 Å². The molecule has 1 aromatic heterocycles. The standard InChI is InChI=1S/C24H28N4O2/c1-17-13-22(27-26-17)16-28-12-4-6-20(15-28)24(29)25-21-10-8-18(9-11-21)19-5-3-7-23(14-19)30-2/h3,5,7-11,13-14,20H,4,6,12,15-16H2,1-2H3,(H,25,29)(H,26,27)/t20-/m1/s1. The highest BCUT2D eigenvalue weighted by Gasteiger charge is 2.26. The van der Waals surface area contributed by atoms with Gasteiger partial charge in [-0.05, 0) is 67.8 Å². The number of piperidine rings is 1. The molecule has 4 rings (SSSR count). The topological polar surface area (TPSA) is 70.2 Å². The van der Waals surface area contributed by atoms with Gasteiger partial charge in [-0.25, -0.2) is 0 Å². The van der Waals surface area contributed by atoms with Crippen LogP contribution in [-0.2, 0) is 11.3 Å². The molecule has 156 valence electrons. The molecule has 1 aliphatic rings. The van der Waals surface area contributed by atoms with Gasteiger partial charge in [0.2, 0.25) is 5.91 Å². The molecule has 3 aromatic rings. The number of rotatable bonds is 6. The summed E-state index contributed by atoms with van der Waals surface area (Å²) in [6.07, 6.45) is 1.94. The van der Waals surface area contributed by atoms with E-state index in [0.29, 0.717) is 0 Å². The van der Waals surface area contributed by atoms with Crippen LogP contribution in [0.15, 0.2) is 54.6 Å². The van der Waals surface area contributed by atoms with Crippen molar-refractivity contribution in [2.75, 3.05) is 25.5 Å². The fraction of sp³-hybridized carbons (Fsp3) is 0.333. The number of aromatic amines is 1. The number of nitrogens with zero attached hydrogens (tertiary/aromatic N) is 2. The van der Waals surface area contributed by atoms with Gasteiger partial charge in [0.05, 0.1) is 18.7 Å². The van der Waals surface area contributed by atoms with E-state index in [1.165, 1.54) is 0 Å². The Labute approximate surface area is 177 Å². The van der Waals surface area contributed by atoms with Crippen molar-refractivity contribution >= 4 is 11.6 Å². The second-order valence-electron chi connectivity index (χ2n) is 7.92. The van der Waals surface area contributed by atoms with Crippen LogP contribution in [0.1, 0.15) is 24.2 Å². The minimum atomic E-state index is -0.00292. The highest BCUT2D eigenvalue weighted by molar-refractivity contribution is 5.93. The summed E-state index contributed by atoms with van der Waals surface area (Å²) in [5.41, 5.74) is 5.09. The van der Waals surface area contributed by atoms with Crippen LogP contribution < -0.4 is 10.1 Å². The molecule has 2 aromatic carbocycles. The number of benzene rings is 2. The van der Waals surface area contributed by atoms with Crippen LogP contribution in [0.25, 0.3) is 11.1 Å². The third-order valence-corrected chi connectivity index (χ3v) is 5.58. The summed E-state index contributed by atoms with van der Waals surface area (Å²) in [6, 6.07) is 18.0. The molecule has 1 amide bonds. The van der Waals surface area contributed by atoms with Crippen LogP contribution in [0.2, 0.25) is 0 Å². The van der Waals surface area contributed by atoms with Gasteiger partial charge in [0, 0.05) is 24.5 Å². The highest BCUT2D eigenvalue weighted by atomic mass is 16.5. The van der Waals surface area contributed by atoms with E-state index in [-0.39, 0.29) is 11.8 Å². The maximum Gasteiger partial charge on any atom is 0.228 e. The number of ether oxygens (including phenoxy) is 1. The predicted molar refractivity (Wildman–Crippen MR) is 118 cm³/mol. The molecule has 6 nitrogen and oxygen atoms in total. The van der Waals surface area contributed by atoms with Gasteiger partial charge in [0.25, 0.3) is 0 Å². The summed E-state index contributed by atoms with van der Waals surface area (Å²) in [7, 11) is 1.67. The third kappa shape index (κ3) is 4.89. The van der Waals surface area contributed by atoms with Crippen LogP contribution in [0, 0.1) is 12.8 Å². The van der Waals surface area contributed by atoms with Gasteiger partial charge in [0.15, 0.2) is 0 Å². The first-order valence-corrected chi connectivity index (χ1v) is 10.4. The minimum absolute atomic E-state index is 0.00292. The molecule has 1 fully saturated rings. The number of aryl methyl sites for hydroxylation is 1. The van der Waals surface area contributed by atoms with Crippen LogP contribution in [0.4, 0.5) is 5.69 Å². The lowest BCUT2D eigenvalue weighted by molar-refractivity contribution is -0.121. The molecule has 0 saturated carbocycles. The van der Waals surface area contributed by atoms with Crippen LogP contribution >= 0.6 is 0 Å². The number of carbonyl (C=O) groups is 1. The summed E-state index contributed by atoms with van der Waals surface area (Å²) < 4.78 is 5.30. The van der Waals surface area contributed by atoms with E-state index in [0.717, 1.165) is 66.4 Å². The Bertz CT molecular complexity index is 996. The van der Waals surface area contributed by atoms with Gasteiger partial charge in [-0.3, -0.25) is 14.8 Å². The Balaban J connectivity index is 1.36. The summed E-state index contributed by atoms with van der Waals surface area (Å²) in [5.74, 6) is 0.917. The zero-order valence-corrected chi connectivity index (χ0v) is 17.5. The van der Waals surface area contributed by atoms with Gasteiger partial charge >= 0.3 is 0 Å². The second kappa shape index (κ2) is 9.13. The van der Waals surface area contributed by atoms with E-state index in [4.69, 9.17) is 4.74 Å². The molecule has 0 bridgehead atoms. The maximum atomic E-state index is 12.8. The fourth-order valence-electron chi connectivity index (χ4n) is 3.99. The van der Waals surface area contributed by atoms with Crippen LogP contribution in [0.3, 0.4) is 0 Å². The highest BCUT2D eigenvalue weighted by Crippen LogP contribution is 2.26. The molecule has 2 heterocycles. The van der Waals surface area contributed by atoms with Crippen molar-refractivity contribution in [3.8, 4) is 16.9 Å². The Kier molecular flexibility index (Phi) is 6.14. The second-order valence-corrected chi connectivity index (χ2v) is 7.92. The van der Waals surface area contributed by atoms with Crippen molar-refractivity contribution in [1.82, 2.24) is 15.1 Å². The van der Waals surface area contributed by atoms with Gasteiger partial charge in [-0.2, -0.15) is 5.10 Å². The first kappa shape index (κ1) is 20.2. The van der Waals surface area contributed by atoms with Gasteiger partial charge < -0.3 is 10.1 Å². The Morgan fingerprint density at radius 2 is 2.03 bits per heavy atom. The van der Waals surface area contributed by atoms with Gasteiger partial charge in [-0.1, -0.05) is 24.3 Å².